The number of rotatable bonds is 8. The molecule has 0 aromatic heterocycles. The van der Waals surface area contributed by atoms with Crippen LogP contribution in [-0.4, -0.2) is 42.8 Å². The van der Waals surface area contributed by atoms with Crippen molar-refractivity contribution in [1.82, 2.24) is 10.6 Å². The van der Waals surface area contributed by atoms with E-state index in [2.05, 4.69) is 16.4 Å². The van der Waals surface area contributed by atoms with Crippen LogP contribution >= 0.6 is 0 Å². The van der Waals surface area contributed by atoms with Crippen molar-refractivity contribution < 1.29 is 30.0 Å². The molecule has 0 fully saturated rings. The van der Waals surface area contributed by atoms with Crippen LogP contribution in [0.3, 0.4) is 0 Å². The van der Waals surface area contributed by atoms with E-state index in [1.54, 1.807) is 0 Å². The molecule has 0 aliphatic carbocycles. The van der Waals surface area contributed by atoms with Crippen LogP contribution in [0.2, 0.25) is 0 Å². The fourth-order valence-corrected chi connectivity index (χ4v) is 1.05. The quantitative estimate of drug-likeness (QED) is 0.341. The van der Waals surface area contributed by atoms with Crippen molar-refractivity contribution in [3.63, 3.8) is 0 Å². The SMILES string of the molecule is NC(=O)CC[C@H](NC(=O)CNC(=O)C[NH3+])C(=O)[O-]. The number of primary amides is 1. The molecule has 0 unspecified atom stereocenters. The van der Waals surface area contributed by atoms with E-state index >= 15 is 0 Å². The van der Waals surface area contributed by atoms with Crippen molar-refractivity contribution in [2.75, 3.05) is 13.1 Å². The molecule has 0 bridgehead atoms. The fraction of sp³-hybridized carbons (Fsp3) is 0.556. The third-order valence-electron chi connectivity index (χ3n) is 1.97. The molecule has 0 heterocycles. The van der Waals surface area contributed by atoms with Crippen LogP contribution in [0.25, 0.3) is 0 Å². The number of hydrogen-bond donors (Lipinski definition) is 4. The van der Waals surface area contributed by atoms with Gasteiger partial charge < -0.3 is 32.0 Å². The number of amides is 3. The number of quaternary nitrogens is 1. The van der Waals surface area contributed by atoms with Crippen LogP contribution < -0.4 is 27.2 Å². The maximum Gasteiger partial charge on any atom is 0.275 e. The molecule has 0 spiro atoms. The predicted molar refractivity (Wildman–Crippen MR) is 56.1 cm³/mol. The first-order valence-electron chi connectivity index (χ1n) is 5.21. The third kappa shape index (κ3) is 7.17. The second kappa shape index (κ2) is 8.01. The van der Waals surface area contributed by atoms with E-state index < -0.39 is 29.7 Å². The van der Waals surface area contributed by atoms with Gasteiger partial charge in [-0.2, -0.15) is 0 Å². The van der Waals surface area contributed by atoms with Gasteiger partial charge in [-0.25, -0.2) is 0 Å². The summed E-state index contributed by atoms with van der Waals surface area (Å²) in [6.45, 7) is -0.395. The van der Waals surface area contributed by atoms with Crippen molar-refractivity contribution in [2.45, 2.75) is 18.9 Å². The molecule has 7 N–H and O–H groups in total. The van der Waals surface area contributed by atoms with Gasteiger partial charge in [0.2, 0.25) is 11.8 Å². The number of hydrogen-bond acceptors (Lipinski definition) is 5. The van der Waals surface area contributed by atoms with Gasteiger partial charge in [0.05, 0.1) is 18.6 Å². The minimum absolute atomic E-state index is 0.0289. The average Bonchev–Trinajstić information content (AvgIpc) is 2.30. The number of carboxylic acids is 1. The summed E-state index contributed by atoms with van der Waals surface area (Å²) in [6, 6.07) is -1.32. The summed E-state index contributed by atoms with van der Waals surface area (Å²) < 4.78 is 0. The summed E-state index contributed by atoms with van der Waals surface area (Å²) in [5, 5.41) is 15.0. The number of aliphatic carboxylic acids is 1. The summed E-state index contributed by atoms with van der Waals surface area (Å²) in [5.41, 5.74) is 8.16. The summed E-state index contributed by atoms with van der Waals surface area (Å²) in [5.74, 6) is -3.34. The molecule has 1 atom stereocenters. The highest BCUT2D eigenvalue weighted by Crippen LogP contribution is 1.95. The van der Waals surface area contributed by atoms with Crippen LogP contribution in [0, 0.1) is 0 Å². The number of carbonyl (C=O) groups is 4. The number of carboxylic acid groups (broad SMARTS) is 1. The van der Waals surface area contributed by atoms with E-state index in [4.69, 9.17) is 5.73 Å². The topological polar surface area (TPSA) is 169 Å². The van der Waals surface area contributed by atoms with E-state index in [-0.39, 0.29) is 25.9 Å². The zero-order valence-corrected chi connectivity index (χ0v) is 9.73. The standard InChI is InChI=1S/C9H16N4O5/c10-3-7(15)12-4-8(16)13-5(9(17)18)1-2-6(11)14/h5H,1-4,10H2,(H2,11,14)(H,12,15)(H,13,16)(H,17,18)/t5-/m0/s1. The highest BCUT2D eigenvalue weighted by atomic mass is 16.4. The Bertz CT molecular complexity index is 344. The van der Waals surface area contributed by atoms with Crippen molar-refractivity contribution in [1.29, 1.82) is 0 Å². The zero-order chi connectivity index (χ0) is 14.1. The van der Waals surface area contributed by atoms with Crippen molar-refractivity contribution in [2.24, 2.45) is 5.73 Å². The Hall–Kier alpha value is -2.16. The molecular weight excluding hydrogens is 244 g/mol. The molecule has 3 amide bonds. The van der Waals surface area contributed by atoms with Gasteiger partial charge in [0.1, 0.15) is 0 Å². The Kier molecular flexibility index (Phi) is 7.05. The van der Waals surface area contributed by atoms with Crippen LogP contribution in [0.5, 0.6) is 0 Å². The number of nitrogens with one attached hydrogen (secondary N) is 2. The van der Waals surface area contributed by atoms with Crippen LogP contribution in [0.15, 0.2) is 0 Å². The molecule has 102 valence electrons. The second-order valence-corrected chi connectivity index (χ2v) is 3.47. The highest BCUT2D eigenvalue weighted by Gasteiger charge is 2.14. The van der Waals surface area contributed by atoms with E-state index in [1.165, 1.54) is 0 Å². The highest BCUT2D eigenvalue weighted by molar-refractivity contribution is 5.87. The summed E-state index contributed by atoms with van der Waals surface area (Å²) in [6.07, 6.45) is -0.350. The fourth-order valence-electron chi connectivity index (χ4n) is 1.05. The monoisotopic (exact) mass is 260 g/mol. The summed E-state index contributed by atoms with van der Waals surface area (Å²) >= 11 is 0. The lowest BCUT2D eigenvalue weighted by atomic mass is 10.1. The first-order chi connectivity index (χ1) is 8.36. The van der Waals surface area contributed by atoms with Crippen LogP contribution in [-0.2, 0) is 19.2 Å². The van der Waals surface area contributed by atoms with Gasteiger partial charge >= 0.3 is 0 Å². The third-order valence-corrected chi connectivity index (χ3v) is 1.97. The maximum atomic E-state index is 11.3. The molecule has 0 aromatic carbocycles. The van der Waals surface area contributed by atoms with Gasteiger partial charge in [-0.15, -0.1) is 0 Å². The molecule has 0 aliphatic rings. The summed E-state index contributed by atoms with van der Waals surface area (Å²) in [4.78, 5) is 43.2. The van der Waals surface area contributed by atoms with Crippen molar-refractivity contribution in [3.8, 4) is 0 Å². The Balaban J connectivity index is 4.15. The molecular formula is C9H16N4O5. The number of carbonyl (C=O) groups excluding carboxylic acids is 4. The smallest absolute Gasteiger partial charge is 0.275 e. The molecule has 0 radical (unpaired) electrons. The number of nitrogens with two attached hydrogens (primary N) is 1. The molecule has 9 nitrogen and oxygen atoms in total. The van der Waals surface area contributed by atoms with Gasteiger partial charge in [-0.3, -0.25) is 14.4 Å². The van der Waals surface area contributed by atoms with E-state index in [0.717, 1.165) is 0 Å². The maximum absolute atomic E-state index is 11.3. The van der Waals surface area contributed by atoms with E-state index in [0.29, 0.717) is 0 Å². The lowest BCUT2D eigenvalue weighted by Crippen LogP contribution is -2.58. The van der Waals surface area contributed by atoms with Crippen LogP contribution in [0.4, 0.5) is 0 Å². The Morgan fingerprint density at radius 3 is 2.28 bits per heavy atom. The molecule has 18 heavy (non-hydrogen) atoms. The Morgan fingerprint density at radius 2 is 1.83 bits per heavy atom. The summed E-state index contributed by atoms with van der Waals surface area (Å²) in [7, 11) is 0. The van der Waals surface area contributed by atoms with Gasteiger partial charge in [0.15, 0.2) is 6.54 Å². The molecule has 0 aromatic rings. The largest absolute Gasteiger partial charge is 0.548 e. The van der Waals surface area contributed by atoms with Gasteiger partial charge in [-0.05, 0) is 6.42 Å². The Labute approximate surface area is 103 Å². The van der Waals surface area contributed by atoms with Crippen molar-refractivity contribution >= 4 is 23.7 Å². The first kappa shape index (κ1) is 15.8. The van der Waals surface area contributed by atoms with Crippen LogP contribution in [0.1, 0.15) is 12.8 Å². The first-order valence-corrected chi connectivity index (χ1v) is 5.21. The predicted octanol–water partition coefficient (Wildman–Crippen LogP) is -5.16. The second-order valence-electron chi connectivity index (χ2n) is 3.47. The molecule has 0 saturated carbocycles. The van der Waals surface area contributed by atoms with Gasteiger partial charge in [0, 0.05) is 6.42 Å². The minimum Gasteiger partial charge on any atom is -0.548 e. The lowest BCUT2D eigenvalue weighted by molar-refractivity contribution is -0.355. The molecule has 0 rings (SSSR count). The normalized spacial score (nSPS) is 11.4. The van der Waals surface area contributed by atoms with Gasteiger partial charge in [-0.1, -0.05) is 0 Å². The van der Waals surface area contributed by atoms with Gasteiger partial charge in [0.25, 0.3) is 5.91 Å². The zero-order valence-electron chi connectivity index (χ0n) is 9.73. The van der Waals surface area contributed by atoms with E-state index in [9.17, 15) is 24.3 Å². The lowest BCUT2D eigenvalue weighted by Gasteiger charge is -2.19. The average molecular weight is 260 g/mol. The molecule has 0 aliphatic heterocycles. The minimum atomic E-state index is -1.52. The van der Waals surface area contributed by atoms with Crippen molar-refractivity contribution in [3.05, 3.63) is 0 Å². The van der Waals surface area contributed by atoms with E-state index in [1.807, 2.05) is 0 Å². The molecule has 0 saturated heterocycles. The Morgan fingerprint density at radius 1 is 1.22 bits per heavy atom. The molecule has 9 heteroatoms.